The van der Waals surface area contributed by atoms with Gasteiger partial charge >= 0.3 is 0 Å². The standard InChI is InChI=1S/C14H27N3O/c1-6-8-15-14(10-18-11(3)4)12-9-17(5)16-13(12)7-2/h9,11,14-15H,6-8,10H2,1-5H3. The Bertz CT molecular complexity index is 347. The summed E-state index contributed by atoms with van der Waals surface area (Å²) >= 11 is 0. The molecule has 1 N–H and O–H groups in total. The van der Waals surface area contributed by atoms with Crippen molar-refractivity contribution in [3.8, 4) is 0 Å². The summed E-state index contributed by atoms with van der Waals surface area (Å²) in [5.74, 6) is 0. The van der Waals surface area contributed by atoms with Gasteiger partial charge in [-0.05, 0) is 33.2 Å². The average Bonchev–Trinajstić information content (AvgIpc) is 2.70. The molecule has 1 atom stereocenters. The second-order valence-corrected chi connectivity index (χ2v) is 4.95. The molecule has 0 saturated carbocycles. The van der Waals surface area contributed by atoms with E-state index in [9.17, 15) is 0 Å². The van der Waals surface area contributed by atoms with E-state index in [2.05, 4.69) is 44.3 Å². The average molecular weight is 253 g/mol. The minimum absolute atomic E-state index is 0.246. The molecule has 0 amide bonds. The van der Waals surface area contributed by atoms with Crippen molar-refractivity contribution >= 4 is 0 Å². The van der Waals surface area contributed by atoms with Crippen LogP contribution < -0.4 is 5.32 Å². The molecule has 0 aromatic carbocycles. The largest absolute Gasteiger partial charge is 0.377 e. The Hall–Kier alpha value is -0.870. The Kier molecular flexibility index (Phi) is 6.36. The molecule has 1 heterocycles. The first-order valence-corrected chi connectivity index (χ1v) is 6.95. The van der Waals surface area contributed by atoms with Crippen LogP contribution in [0.1, 0.15) is 51.4 Å². The highest BCUT2D eigenvalue weighted by Gasteiger charge is 2.17. The van der Waals surface area contributed by atoms with Crippen LogP contribution in [0.25, 0.3) is 0 Å². The zero-order chi connectivity index (χ0) is 13.5. The van der Waals surface area contributed by atoms with Crippen LogP contribution in [0.4, 0.5) is 0 Å². The Morgan fingerprint density at radius 3 is 2.67 bits per heavy atom. The molecule has 4 nitrogen and oxygen atoms in total. The molecule has 0 spiro atoms. The quantitative estimate of drug-likeness (QED) is 0.773. The molecule has 104 valence electrons. The van der Waals surface area contributed by atoms with Gasteiger partial charge < -0.3 is 10.1 Å². The summed E-state index contributed by atoms with van der Waals surface area (Å²) in [7, 11) is 1.98. The third-order valence-corrected chi connectivity index (χ3v) is 2.88. The van der Waals surface area contributed by atoms with E-state index in [4.69, 9.17) is 4.74 Å². The molecule has 1 unspecified atom stereocenters. The molecule has 0 fully saturated rings. The molecule has 0 aliphatic carbocycles. The van der Waals surface area contributed by atoms with Crippen LogP contribution in [-0.2, 0) is 18.2 Å². The van der Waals surface area contributed by atoms with Crippen LogP contribution in [0.15, 0.2) is 6.20 Å². The SMILES string of the molecule is CCCNC(COC(C)C)c1cn(C)nc1CC. The van der Waals surface area contributed by atoms with E-state index in [1.807, 2.05) is 11.7 Å². The van der Waals surface area contributed by atoms with E-state index in [1.165, 1.54) is 11.3 Å². The van der Waals surface area contributed by atoms with E-state index in [1.54, 1.807) is 0 Å². The Balaban J connectivity index is 2.78. The maximum Gasteiger partial charge on any atom is 0.0670 e. The van der Waals surface area contributed by atoms with Crippen LogP contribution in [0.3, 0.4) is 0 Å². The van der Waals surface area contributed by atoms with Crippen LogP contribution >= 0.6 is 0 Å². The third-order valence-electron chi connectivity index (χ3n) is 2.88. The lowest BCUT2D eigenvalue weighted by atomic mass is 10.1. The Labute approximate surface area is 111 Å². The monoisotopic (exact) mass is 253 g/mol. The number of nitrogens with zero attached hydrogens (tertiary/aromatic N) is 2. The van der Waals surface area contributed by atoms with Gasteiger partial charge in [-0.2, -0.15) is 5.10 Å². The number of nitrogens with one attached hydrogen (secondary N) is 1. The van der Waals surface area contributed by atoms with Crippen LogP contribution in [-0.4, -0.2) is 29.0 Å². The summed E-state index contributed by atoms with van der Waals surface area (Å²) in [4.78, 5) is 0. The molecular formula is C14H27N3O. The fraction of sp³-hybridized carbons (Fsp3) is 0.786. The van der Waals surface area contributed by atoms with E-state index >= 15 is 0 Å². The summed E-state index contributed by atoms with van der Waals surface area (Å²) in [6, 6.07) is 0.246. The lowest BCUT2D eigenvalue weighted by Gasteiger charge is -2.20. The Morgan fingerprint density at radius 2 is 2.11 bits per heavy atom. The molecule has 1 aromatic heterocycles. The number of aromatic nitrogens is 2. The van der Waals surface area contributed by atoms with Gasteiger partial charge in [0.2, 0.25) is 0 Å². The summed E-state index contributed by atoms with van der Waals surface area (Å²) in [6.45, 7) is 10.2. The third kappa shape index (κ3) is 4.42. The van der Waals surface area contributed by atoms with Crippen molar-refractivity contribution < 1.29 is 4.74 Å². The maximum absolute atomic E-state index is 5.76. The van der Waals surface area contributed by atoms with Crippen molar-refractivity contribution in [1.82, 2.24) is 15.1 Å². The highest BCUT2D eigenvalue weighted by Crippen LogP contribution is 2.18. The summed E-state index contributed by atoms with van der Waals surface area (Å²) < 4.78 is 7.66. The van der Waals surface area contributed by atoms with Gasteiger partial charge in [-0.15, -0.1) is 0 Å². The van der Waals surface area contributed by atoms with Crippen molar-refractivity contribution in [1.29, 1.82) is 0 Å². The minimum Gasteiger partial charge on any atom is -0.377 e. The van der Waals surface area contributed by atoms with Gasteiger partial charge in [0.05, 0.1) is 24.4 Å². The van der Waals surface area contributed by atoms with Gasteiger partial charge in [-0.25, -0.2) is 0 Å². The summed E-state index contributed by atoms with van der Waals surface area (Å²) in [5.41, 5.74) is 2.44. The van der Waals surface area contributed by atoms with Crippen molar-refractivity contribution in [3.05, 3.63) is 17.5 Å². The molecule has 1 aromatic rings. The van der Waals surface area contributed by atoms with Crippen LogP contribution in [0.2, 0.25) is 0 Å². The van der Waals surface area contributed by atoms with Gasteiger partial charge in [0.25, 0.3) is 0 Å². The van der Waals surface area contributed by atoms with Gasteiger partial charge in [-0.1, -0.05) is 13.8 Å². The first kappa shape index (κ1) is 15.2. The molecule has 1 rings (SSSR count). The second kappa shape index (κ2) is 7.54. The topological polar surface area (TPSA) is 39.1 Å². The lowest BCUT2D eigenvalue weighted by Crippen LogP contribution is -2.28. The van der Waals surface area contributed by atoms with E-state index < -0.39 is 0 Å². The van der Waals surface area contributed by atoms with Crippen LogP contribution in [0, 0.1) is 0 Å². The van der Waals surface area contributed by atoms with Crippen molar-refractivity contribution in [2.75, 3.05) is 13.2 Å². The molecule has 0 aliphatic heterocycles. The first-order valence-electron chi connectivity index (χ1n) is 6.95. The molecule has 0 bridgehead atoms. The maximum atomic E-state index is 5.76. The Morgan fingerprint density at radius 1 is 1.39 bits per heavy atom. The van der Waals surface area contributed by atoms with Crippen molar-refractivity contribution in [3.63, 3.8) is 0 Å². The predicted octanol–water partition coefficient (Wildman–Crippen LogP) is 2.45. The van der Waals surface area contributed by atoms with E-state index in [0.29, 0.717) is 6.61 Å². The van der Waals surface area contributed by atoms with Gasteiger partial charge in [-0.3, -0.25) is 4.68 Å². The smallest absolute Gasteiger partial charge is 0.0670 e. The van der Waals surface area contributed by atoms with Crippen molar-refractivity contribution in [2.24, 2.45) is 7.05 Å². The first-order chi connectivity index (χ1) is 8.58. The molecule has 0 saturated heterocycles. The van der Waals surface area contributed by atoms with E-state index in [0.717, 1.165) is 19.4 Å². The predicted molar refractivity (Wildman–Crippen MR) is 74.7 cm³/mol. The number of rotatable bonds is 8. The van der Waals surface area contributed by atoms with Crippen molar-refractivity contribution in [2.45, 2.75) is 52.7 Å². The number of hydrogen-bond donors (Lipinski definition) is 1. The van der Waals surface area contributed by atoms with E-state index in [-0.39, 0.29) is 12.1 Å². The number of ether oxygens (including phenoxy) is 1. The summed E-state index contributed by atoms with van der Waals surface area (Å²) in [6.07, 6.45) is 4.45. The number of aryl methyl sites for hydroxylation is 2. The lowest BCUT2D eigenvalue weighted by molar-refractivity contribution is 0.0609. The van der Waals surface area contributed by atoms with Gasteiger partial charge in [0.15, 0.2) is 0 Å². The fourth-order valence-electron chi connectivity index (χ4n) is 1.98. The highest BCUT2D eigenvalue weighted by atomic mass is 16.5. The molecular weight excluding hydrogens is 226 g/mol. The normalized spacial score (nSPS) is 13.2. The zero-order valence-electron chi connectivity index (χ0n) is 12.4. The second-order valence-electron chi connectivity index (χ2n) is 4.95. The molecule has 0 radical (unpaired) electrons. The molecule has 4 heteroatoms. The minimum atomic E-state index is 0.246. The summed E-state index contributed by atoms with van der Waals surface area (Å²) in [5, 5.41) is 8.06. The van der Waals surface area contributed by atoms with Gasteiger partial charge in [0.1, 0.15) is 0 Å². The zero-order valence-corrected chi connectivity index (χ0v) is 12.4. The van der Waals surface area contributed by atoms with Gasteiger partial charge in [0, 0.05) is 18.8 Å². The molecule has 0 aliphatic rings. The molecule has 18 heavy (non-hydrogen) atoms. The fourth-order valence-corrected chi connectivity index (χ4v) is 1.98. The number of hydrogen-bond acceptors (Lipinski definition) is 3. The highest BCUT2D eigenvalue weighted by molar-refractivity contribution is 5.21. The van der Waals surface area contributed by atoms with Crippen LogP contribution in [0.5, 0.6) is 0 Å².